The van der Waals surface area contributed by atoms with Gasteiger partial charge in [0.1, 0.15) is 10.6 Å². The first-order valence-electron chi connectivity index (χ1n) is 6.70. The van der Waals surface area contributed by atoms with E-state index in [1.165, 1.54) is 4.31 Å². The van der Waals surface area contributed by atoms with Crippen LogP contribution < -0.4 is 5.73 Å². The molecule has 0 saturated heterocycles. The Morgan fingerprint density at radius 2 is 2.10 bits per heavy atom. The maximum absolute atomic E-state index is 12.8. The summed E-state index contributed by atoms with van der Waals surface area (Å²) in [7, 11) is -3.62. The monoisotopic (exact) mass is 307 g/mol. The maximum Gasteiger partial charge on any atom is 0.248 e. The SMILES string of the molecule is Cc1noc(C)c1S(=O)(=O)N1CCc2cccc(N)c2C1. The Balaban J connectivity index is 2.01. The molecule has 6 nitrogen and oxygen atoms in total. The summed E-state index contributed by atoms with van der Waals surface area (Å²) in [5.41, 5.74) is 8.99. The number of benzene rings is 1. The molecule has 21 heavy (non-hydrogen) atoms. The Hall–Kier alpha value is -1.86. The molecular formula is C14H17N3O3S. The predicted octanol–water partition coefficient (Wildman–Crippen LogP) is 1.62. The van der Waals surface area contributed by atoms with Crippen molar-refractivity contribution < 1.29 is 12.9 Å². The zero-order chi connectivity index (χ0) is 15.2. The molecule has 0 fully saturated rings. The average Bonchev–Trinajstić information content (AvgIpc) is 2.79. The lowest BCUT2D eigenvalue weighted by atomic mass is 10.00. The molecule has 1 aromatic heterocycles. The number of aromatic nitrogens is 1. The predicted molar refractivity (Wildman–Crippen MR) is 78.1 cm³/mol. The van der Waals surface area contributed by atoms with Gasteiger partial charge >= 0.3 is 0 Å². The summed E-state index contributed by atoms with van der Waals surface area (Å²) in [6, 6.07) is 5.68. The van der Waals surface area contributed by atoms with Gasteiger partial charge in [-0.3, -0.25) is 0 Å². The Morgan fingerprint density at radius 1 is 1.33 bits per heavy atom. The summed E-state index contributed by atoms with van der Waals surface area (Å²) in [6.07, 6.45) is 0.656. The molecular weight excluding hydrogens is 290 g/mol. The second-order valence-electron chi connectivity index (χ2n) is 5.23. The van der Waals surface area contributed by atoms with E-state index in [0.29, 0.717) is 30.1 Å². The number of rotatable bonds is 2. The molecule has 2 aromatic rings. The minimum absolute atomic E-state index is 0.167. The molecule has 0 saturated carbocycles. The van der Waals surface area contributed by atoms with Gasteiger partial charge < -0.3 is 10.3 Å². The van der Waals surface area contributed by atoms with Crippen molar-refractivity contribution in [2.45, 2.75) is 31.7 Å². The van der Waals surface area contributed by atoms with Crippen LogP contribution in [-0.2, 0) is 23.0 Å². The summed E-state index contributed by atoms with van der Waals surface area (Å²) in [6.45, 7) is 3.96. The highest BCUT2D eigenvalue weighted by Gasteiger charge is 2.33. The first-order valence-corrected chi connectivity index (χ1v) is 8.14. The summed E-state index contributed by atoms with van der Waals surface area (Å²) < 4.78 is 32.0. The highest BCUT2D eigenvalue weighted by molar-refractivity contribution is 7.89. The van der Waals surface area contributed by atoms with Crippen molar-refractivity contribution in [3.05, 3.63) is 40.8 Å². The van der Waals surface area contributed by atoms with Crippen LogP contribution in [0.2, 0.25) is 0 Å². The third-order valence-corrected chi connectivity index (χ3v) is 5.93. The fraction of sp³-hybridized carbons (Fsp3) is 0.357. The van der Waals surface area contributed by atoms with Gasteiger partial charge in [-0.15, -0.1) is 0 Å². The number of nitrogen functional groups attached to an aromatic ring is 1. The lowest BCUT2D eigenvalue weighted by molar-refractivity contribution is 0.382. The van der Waals surface area contributed by atoms with Crippen molar-refractivity contribution in [2.75, 3.05) is 12.3 Å². The number of hydrogen-bond donors (Lipinski definition) is 1. The fourth-order valence-electron chi connectivity index (χ4n) is 2.76. The average molecular weight is 307 g/mol. The van der Waals surface area contributed by atoms with E-state index < -0.39 is 10.0 Å². The Morgan fingerprint density at radius 3 is 2.76 bits per heavy atom. The molecule has 0 unspecified atom stereocenters. The Kier molecular flexibility index (Phi) is 3.26. The zero-order valence-electron chi connectivity index (χ0n) is 12.0. The molecule has 0 atom stereocenters. The Labute approximate surface area is 123 Å². The third kappa shape index (κ3) is 2.22. The number of sulfonamides is 1. The van der Waals surface area contributed by atoms with Crippen LogP contribution in [0.15, 0.2) is 27.6 Å². The molecule has 3 rings (SSSR count). The zero-order valence-corrected chi connectivity index (χ0v) is 12.8. The van der Waals surface area contributed by atoms with Crippen LogP contribution in [0, 0.1) is 13.8 Å². The van der Waals surface area contributed by atoms with E-state index in [1.807, 2.05) is 12.1 Å². The summed E-state index contributed by atoms with van der Waals surface area (Å²) >= 11 is 0. The van der Waals surface area contributed by atoms with Crippen molar-refractivity contribution in [1.29, 1.82) is 0 Å². The molecule has 2 N–H and O–H groups in total. The topological polar surface area (TPSA) is 89.4 Å². The third-order valence-electron chi connectivity index (χ3n) is 3.84. The van der Waals surface area contributed by atoms with Gasteiger partial charge in [0.25, 0.3) is 0 Å². The fourth-order valence-corrected chi connectivity index (χ4v) is 4.46. The first kappa shape index (κ1) is 14.1. The Bertz CT molecular complexity index is 776. The molecule has 0 bridgehead atoms. The van der Waals surface area contributed by atoms with Gasteiger partial charge in [-0.25, -0.2) is 8.42 Å². The molecule has 7 heteroatoms. The number of hydrogen-bond acceptors (Lipinski definition) is 5. The maximum atomic E-state index is 12.8. The standard InChI is InChI=1S/C14H17N3O3S/c1-9-14(10(2)20-16-9)21(18,19)17-7-6-11-4-3-5-13(15)12(11)8-17/h3-5H,6-8,15H2,1-2H3. The van der Waals surface area contributed by atoms with Gasteiger partial charge in [0.2, 0.25) is 10.0 Å². The van der Waals surface area contributed by atoms with Crippen LogP contribution in [0.5, 0.6) is 0 Å². The quantitative estimate of drug-likeness (QED) is 0.852. The lowest BCUT2D eigenvalue weighted by Gasteiger charge is -2.28. The van der Waals surface area contributed by atoms with Crippen LogP contribution in [0.3, 0.4) is 0 Å². The van der Waals surface area contributed by atoms with Gasteiger partial charge in [0.05, 0.1) is 0 Å². The van der Waals surface area contributed by atoms with Crippen LogP contribution in [0.1, 0.15) is 22.6 Å². The van der Waals surface area contributed by atoms with E-state index in [1.54, 1.807) is 19.9 Å². The second kappa shape index (κ2) is 4.85. The molecule has 2 heterocycles. The van der Waals surface area contributed by atoms with Crippen molar-refractivity contribution in [3.8, 4) is 0 Å². The van der Waals surface area contributed by atoms with Crippen LogP contribution in [0.25, 0.3) is 0 Å². The number of anilines is 1. The van der Waals surface area contributed by atoms with Gasteiger partial charge in [-0.05, 0) is 37.5 Å². The smallest absolute Gasteiger partial charge is 0.248 e. The minimum Gasteiger partial charge on any atom is -0.398 e. The summed E-state index contributed by atoms with van der Waals surface area (Å²) in [5.74, 6) is 0.319. The number of aryl methyl sites for hydroxylation is 2. The van der Waals surface area contributed by atoms with Crippen LogP contribution >= 0.6 is 0 Å². The number of fused-ring (bicyclic) bond motifs is 1. The van der Waals surface area contributed by atoms with E-state index in [4.69, 9.17) is 10.3 Å². The van der Waals surface area contributed by atoms with Crippen molar-refractivity contribution in [1.82, 2.24) is 9.46 Å². The molecule has 1 aliphatic heterocycles. The molecule has 112 valence electrons. The molecule has 0 aliphatic carbocycles. The highest BCUT2D eigenvalue weighted by Crippen LogP contribution is 2.30. The molecule has 0 spiro atoms. The molecule has 0 amide bonds. The van der Waals surface area contributed by atoms with Crippen molar-refractivity contribution in [2.24, 2.45) is 0 Å². The van der Waals surface area contributed by atoms with Gasteiger partial charge in [-0.1, -0.05) is 17.3 Å². The number of nitrogens with two attached hydrogens (primary N) is 1. The molecule has 0 radical (unpaired) electrons. The first-order chi connectivity index (χ1) is 9.91. The normalized spacial score (nSPS) is 15.9. The molecule has 1 aliphatic rings. The van der Waals surface area contributed by atoms with E-state index in [0.717, 1.165) is 11.1 Å². The largest absolute Gasteiger partial charge is 0.398 e. The van der Waals surface area contributed by atoms with E-state index in [-0.39, 0.29) is 11.4 Å². The summed E-state index contributed by atoms with van der Waals surface area (Å²) in [4.78, 5) is 0.167. The highest BCUT2D eigenvalue weighted by atomic mass is 32.2. The van der Waals surface area contributed by atoms with Gasteiger partial charge in [-0.2, -0.15) is 4.31 Å². The van der Waals surface area contributed by atoms with E-state index in [9.17, 15) is 8.42 Å². The lowest BCUT2D eigenvalue weighted by Crippen LogP contribution is -2.36. The van der Waals surface area contributed by atoms with Gasteiger partial charge in [0, 0.05) is 18.8 Å². The second-order valence-corrected chi connectivity index (χ2v) is 7.10. The van der Waals surface area contributed by atoms with E-state index in [2.05, 4.69) is 5.16 Å². The van der Waals surface area contributed by atoms with Crippen molar-refractivity contribution in [3.63, 3.8) is 0 Å². The summed E-state index contributed by atoms with van der Waals surface area (Å²) in [5, 5.41) is 3.73. The van der Waals surface area contributed by atoms with E-state index >= 15 is 0 Å². The van der Waals surface area contributed by atoms with Crippen LogP contribution in [-0.4, -0.2) is 24.4 Å². The van der Waals surface area contributed by atoms with Crippen molar-refractivity contribution >= 4 is 15.7 Å². The van der Waals surface area contributed by atoms with Gasteiger partial charge in [0.15, 0.2) is 5.76 Å². The molecule has 1 aromatic carbocycles. The minimum atomic E-state index is -3.62. The van der Waals surface area contributed by atoms with Crippen LogP contribution in [0.4, 0.5) is 5.69 Å². The number of nitrogens with zero attached hydrogens (tertiary/aromatic N) is 2.